The van der Waals surface area contributed by atoms with E-state index in [1.54, 1.807) is 6.33 Å². The first-order valence-corrected chi connectivity index (χ1v) is 9.07. The van der Waals surface area contributed by atoms with Crippen molar-refractivity contribution in [3.05, 3.63) is 42.2 Å². The summed E-state index contributed by atoms with van der Waals surface area (Å²) in [6.45, 7) is 0. The largest absolute Gasteiger partial charge is 0.371 e. The molecule has 0 unspecified atom stereocenters. The van der Waals surface area contributed by atoms with Crippen molar-refractivity contribution in [2.75, 3.05) is 12.4 Å². The van der Waals surface area contributed by atoms with E-state index in [1.165, 1.54) is 0 Å². The van der Waals surface area contributed by atoms with Crippen molar-refractivity contribution in [2.24, 2.45) is 7.05 Å². The Morgan fingerprint density at radius 3 is 2.93 bits per heavy atom. The lowest BCUT2D eigenvalue weighted by atomic mass is 10.1. The number of aryl methyl sites for hydroxylation is 1. The van der Waals surface area contributed by atoms with Crippen molar-refractivity contribution in [3.8, 4) is 11.3 Å². The zero-order valence-electron chi connectivity index (χ0n) is 15.2. The maximum atomic E-state index is 12.4. The van der Waals surface area contributed by atoms with Crippen LogP contribution in [0.5, 0.6) is 0 Å². The van der Waals surface area contributed by atoms with Gasteiger partial charge in [-0.25, -0.2) is 9.97 Å². The third kappa shape index (κ3) is 2.63. The maximum absolute atomic E-state index is 12.4. The number of imidazole rings is 1. The van der Waals surface area contributed by atoms with Crippen LogP contribution in [0.2, 0.25) is 0 Å². The van der Waals surface area contributed by atoms with Crippen LogP contribution in [-0.4, -0.2) is 38.5 Å². The SMILES string of the molecule is CNc1nc2[nH]c(-c3cccc(C(=O)NC4CC4)c3)cc2c2c1ncn2C. The summed E-state index contributed by atoms with van der Waals surface area (Å²) < 4.78 is 2.00. The van der Waals surface area contributed by atoms with E-state index in [2.05, 4.69) is 31.7 Å². The summed E-state index contributed by atoms with van der Waals surface area (Å²) in [6, 6.07) is 10.1. The Morgan fingerprint density at radius 2 is 2.15 bits per heavy atom. The van der Waals surface area contributed by atoms with Crippen LogP contribution in [-0.2, 0) is 7.05 Å². The zero-order valence-corrected chi connectivity index (χ0v) is 15.2. The summed E-state index contributed by atoms with van der Waals surface area (Å²) in [7, 11) is 3.82. The standard InChI is InChI=1S/C20H20N6O/c1-21-19-16-17(26(2)10-22-16)14-9-15(24-18(14)25-19)11-4-3-5-12(8-11)20(27)23-13-6-7-13/h3-5,8-10,13H,6-7H2,1-2H3,(H,23,27)(H2,21,24,25). The van der Waals surface area contributed by atoms with E-state index in [4.69, 9.17) is 0 Å². The lowest BCUT2D eigenvalue weighted by Crippen LogP contribution is -2.25. The predicted molar refractivity (Wildman–Crippen MR) is 106 cm³/mol. The number of anilines is 1. The second-order valence-electron chi connectivity index (χ2n) is 7.04. The van der Waals surface area contributed by atoms with Gasteiger partial charge in [-0.05, 0) is 36.6 Å². The Hall–Kier alpha value is -3.35. The van der Waals surface area contributed by atoms with E-state index in [-0.39, 0.29) is 5.91 Å². The molecule has 3 aromatic heterocycles. The minimum Gasteiger partial charge on any atom is -0.371 e. The number of nitrogens with one attached hydrogen (secondary N) is 3. The number of rotatable bonds is 4. The van der Waals surface area contributed by atoms with Crippen molar-refractivity contribution in [2.45, 2.75) is 18.9 Å². The van der Waals surface area contributed by atoms with E-state index in [1.807, 2.05) is 42.9 Å². The summed E-state index contributed by atoms with van der Waals surface area (Å²) in [5.41, 5.74) is 5.21. The zero-order chi connectivity index (χ0) is 18.5. The fraction of sp³-hybridized carbons (Fsp3) is 0.250. The number of carbonyl (C=O) groups excluding carboxylic acids is 1. The molecule has 1 amide bonds. The van der Waals surface area contributed by atoms with Gasteiger partial charge in [0.25, 0.3) is 5.91 Å². The number of benzene rings is 1. The van der Waals surface area contributed by atoms with Crippen molar-refractivity contribution >= 4 is 33.8 Å². The number of aromatic nitrogens is 4. The van der Waals surface area contributed by atoms with Gasteiger partial charge in [0.05, 0.1) is 11.8 Å². The number of fused-ring (bicyclic) bond motifs is 3. The molecule has 0 aliphatic heterocycles. The number of hydrogen-bond donors (Lipinski definition) is 3. The fourth-order valence-electron chi connectivity index (χ4n) is 3.45. The number of nitrogens with zero attached hydrogens (tertiary/aromatic N) is 3. The van der Waals surface area contributed by atoms with Gasteiger partial charge < -0.3 is 20.2 Å². The third-order valence-electron chi connectivity index (χ3n) is 5.02. The molecule has 5 rings (SSSR count). The molecule has 1 fully saturated rings. The summed E-state index contributed by atoms with van der Waals surface area (Å²) in [6.07, 6.45) is 3.95. The average molecular weight is 360 g/mol. The van der Waals surface area contributed by atoms with E-state index in [0.717, 1.165) is 52.0 Å². The van der Waals surface area contributed by atoms with Crippen LogP contribution >= 0.6 is 0 Å². The average Bonchev–Trinajstić information content (AvgIpc) is 3.25. The monoisotopic (exact) mass is 360 g/mol. The first-order chi connectivity index (χ1) is 13.1. The molecule has 7 nitrogen and oxygen atoms in total. The van der Waals surface area contributed by atoms with Crippen LogP contribution in [0, 0.1) is 0 Å². The Morgan fingerprint density at radius 1 is 1.30 bits per heavy atom. The van der Waals surface area contributed by atoms with Gasteiger partial charge in [0.2, 0.25) is 0 Å². The maximum Gasteiger partial charge on any atom is 0.251 e. The number of hydrogen-bond acceptors (Lipinski definition) is 4. The Bertz CT molecular complexity index is 1180. The molecule has 3 heterocycles. The van der Waals surface area contributed by atoms with Crippen molar-refractivity contribution in [3.63, 3.8) is 0 Å². The van der Waals surface area contributed by atoms with Crippen LogP contribution < -0.4 is 10.6 Å². The molecule has 1 saturated carbocycles. The number of pyridine rings is 1. The van der Waals surface area contributed by atoms with Gasteiger partial charge in [0, 0.05) is 36.8 Å². The van der Waals surface area contributed by atoms with Crippen LogP contribution in [0.3, 0.4) is 0 Å². The van der Waals surface area contributed by atoms with Crippen LogP contribution in [0.25, 0.3) is 33.3 Å². The molecular formula is C20H20N6O. The number of amides is 1. The molecule has 1 aliphatic rings. The molecule has 27 heavy (non-hydrogen) atoms. The first-order valence-electron chi connectivity index (χ1n) is 9.07. The van der Waals surface area contributed by atoms with E-state index in [9.17, 15) is 4.79 Å². The van der Waals surface area contributed by atoms with Crippen molar-refractivity contribution in [1.29, 1.82) is 0 Å². The van der Waals surface area contributed by atoms with Crippen LogP contribution in [0.15, 0.2) is 36.7 Å². The van der Waals surface area contributed by atoms with Crippen LogP contribution in [0.1, 0.15) is 23.2 Å². The van der Waals surface area contributed by atoms with E-state index in [0.29, 0.717) is 11.6 Å². The molecular weight excluding hydrogens is 340 g/mol. The second-order valence-corrected chi connectivity index (χ2v) is 7.04. The summed E-state index contributed by atoms with van der Waals surface area (Å²) in [5, 5.41) is 7.16. The molecule has 136 valence electrons. The molecule has 0 radical (unpaired) electrons. The molecule has 4 aromatic rings. The van der Waals surface area contributed by atoms with Gasteiger partial charge in [-0.3, -0.25) is 4.79 Å². The molecule has 1 aliphatic carbocycles. The highest BCUT2D eigenvalue weighted by Gasteiger charge is 2.24. The van der Waals surface area contributed by atoms with Gasteiger partial charge >= 0.3 is 0 Å². The van der Waals surface area contributed by atoms with Crippen LogP contribution in [0.4, 0.5) is 5.82 Å². The van der Waals surface area contributed by atoms with Gasteiger partial charge in [0.15, 0.2) is 5.82 Å². The van der Waals surface area contributed by atoms with Crippen molar-refractivity contribution in [1.82, 2.24) is 24.8 Å². The predicted octanol–water partition coefficient (Wildman–Crippen LogP) is 3.05. The molecule has 0 spiro atoms. The quantitative estimate of drug-likeness (QED) is 0.522. The van der Waals surface area contributed by atoms with E-state index >= 15 is 0 Å². The highest BCUT2D eigenvalue weighted by molar-refractivity contribution is 6.07. The number of aromatic amines is 1. The lowest BCUT2D eigenvalue weighted by Gasteiger charge is -2.05. The minimum absolute atomic E-state index is 0.0138. The first kappa shape index (κ1) is 15.9. The minimum atomic E-state index is -0.0138. The molecule has 0 atom stereocenters. The summed E-state index contributed by atoms with van der Waals surface area (Å²) >= 11 is 0. The van der Waals surface area contributed by atoms with Gasteiger partial charge in [0.1, 0.15) is 11.2 Å². The van der Waals surface area contributed by atoms with Gasteiger partial charge in [-0.2, -0.15) is 0 Å². The lowest BCUT2D eigenvalue weighted by molar-refractivity contribution is 0.0951. The molecule has 0 saturated heterocycles. The topological polar surface area (TPSA) is 87.6 Å². The molecule has 3 N–H and O–H groups in total. The number of carbonyl (C=O) groups is 1. The fourth-order valence-corrected chi connectivity index (χ4v) is 3.45. The molecule has 0 bridgehead atoms. The van der Waals surface area contributed by atoms with Gasteiger partial charge in [-0.15, -0.1) is 0 Å². The Kier molecular flexibility index (Phi) is 3.43. The Balaban J connectivity index is 1.62. The highest BCUT2D eigenvalue weighted by Crippen LogP contribution is 2.31. The number of H-pyrrole nitrogens is 1. The third-order valence-corrected chi connectivity index (χ3v) is 5.02. The van der Waals surface area contributed by atoms with E-state index < -0.39 is 0 Å². The highest BCUT2D eigenvalue weighted by atomic mass is 16.1. The van der Waals surface area contributed by atoms with Crippen molar-refractivity contribution < 1.29 is 4.79 Å². The second kappa shape index (κ2) is 5.84. The van der Waals surface area contributed by atoms with Gasteiger partial charge in [-0.1, -0.05) is 12.1 Å². The smallest absolute Gasteiger partial charge is 0.251 e. The summed E-state index contributed by atoms with van der Waals surface area (Å²) in [5.74, 6) is 0.726. The molecule has 7 heteroatoms. The Labute approximate surface area is 155 Å². The summed E-state index contributed by atoms with van der Waals surface area (Å²) in [4.78, 5) is 24.9. The molecule has 1 aromatic carbocycles. The normalized spacial score (nSPS) is 14.0.